The molecule has 0 fully saturated rings. The van der Waals surface area contributed by atoms with E-state index in [-0.39, 0.29) is 22.2 Å². The van der Waals surface area contributed by atoms with Crippen molar-refractivity contribution in [3.63, 3.8) is 0 Å². The van der Waals surface area contributed by atoms with Crippen LogP contribution in [0.15, 0.2) is 70.6 Å². The summed E-state index contributed by atoms with van der Waals surface area (Å²) >= 11 is 0.975. The summed E-state index contributed by atoms with van der Waals surface area (Å²) in [5.41, 5.74) is -0.0772. The Labute approximate surface area is 167 Å². The van der Waals surface area contributed by atoms with Gasteiger partial charge in [0, 0.05) is 5.56 Å². The minimum absolute atomic E-state index is 0.0468. The Balaban J connectivity index is 1.67. The molecule has 0 amide bonds. The normalized spacial score (nSPS) is 11.7. The maximum Gasteiger partial charge on any atom is 0.433 e. The first kappa shape index (κ1) is 19.1. The first-order valence-electron chi connectivity index (χ1n) is 8.52. The number of hydrogen-bond acceptors (Lipinski definition) is 5. The quantitative estimate of drug-likeness (QED) is 0.387. The topological polar surface area (TPSA) is 71.5 Å². The van der Waals surface area contributed by atoms with E-state index < -0.39 is 11.9 Å². The highest BCUT2D eigenvalue weighted by Gasteiger charge is 2.33. The summed E-state index contributed by atoms with van der Waals surface area (Å²) in [6, 6.07) is 16.3. The van der Waals surface area contributed by atoms with Crippen LogP contribution in [0, 0.1) is 0 Å². The van der Waals surface area contributed by atoms with Gasteiger partial charge >= 0.3 is 6.18 Å². The minimum Gasteiger partial charge on any atom is -0.309 e. The van der Waals surface area contributed by atoms with Crippen molar-refractivity contribution < 1.29 is 13.2 Å². The number of H-pyrrole nitrogens is 1. The molecule has 0 aliphatic rings. The highest BCUT2D eigenvalue weighted by molar-refractivity contribution is 7.98. The number of rotatable bonds is 4. The molecular weight excluding hydrogens is 401 g/mol. The van der Waals surface area contributed by atoms with Gasteiger partial charge in [-0.25, -0.2) is 15.0 Å². The Morgan fingerprint density at radius 3 is 2.41 bits per heavy atom. The zero-order chi connectivity index (χ0) is 20.4. The molecule has 0 unspecified atom stereocenters. The van der Waals surface area contributed by atoms with E-state index in [2.05, 4.69) is 19.9 Å². The number of aromatic nitrogens is 4. The van der Waals surface area contributed by atoms with Gasteiger partial charge in [-0.2, -0.15) is 13.2 Å². The highest BCUT2D eigenvalue weighted by atomic mass is 32.2. The zero-order valence-electron chi connectivity index (χ0n) is 14.8. The van der Waals surface area contributed by atoms with Crippen LogP contribution in [0.2, 0.25) is 0 Å². The van der Waals surface area contributed by atoms with Gasteiger partial charge in [0.2, 0.25) is 0 Å². The van der Waals surface area contributed by atoms with Crippen LogP contribution in [0.3, 0.4) is 0 Å². The molecule has 9 heteroatoms. The lowest BCUT2D eigenvalue weighted by molar-refractivity contribution is -0.141. The van der Waals surface area contributed by atoms with E-state index in [9.17, 15) is 18.0 Å². The van der Waals surface area contributed by atoms with Crippen LogP contribution in [0.4, 0.5) is 13.2 Å². The summed E-state index contributed by atoms with van der Waals surface area (Å²) < 4.78 is 39.9. The Kier molecular flexibility index (Phi) is 5.06. The molecule has 5 nitrogen and oxygen atoms in total. The highest BCUT2D eigenvalue weighted by Crippen LogP contribution is 2.32. The first-order valence-corrected chi connectivity index (χ1v) is 9.51. The van der Waals surface area contributed by atoms with E-state index in [1.807, 2.05) is 0 Å². The molecule has 0 radical (unpaired) electrons. The van der Waals surface area contributed by atoms with E-state index in [0.29, 0.717) is 22.3 Å². The number of aromatic amines is 1. The summed E-state index contributed by atoms with van der Waals surface area (Å²) in [5, 5.41) is 0.400. The maximum atomic E-state index is 13.3. The van der Waals surface area contributed by atoms with Crippen molar-refractivity contribution in [2.24, 2.45) is 0 Å². The Morgan fingerprint density at radius 2 is 1.66 bits per heavy atom. The molecule has 0 aliphatic carbocycles. The standard InChI is InChI=1S/C20H13F3N4OS/c21-20(22,23)16-10-15(12-6-2-1-3-7-12)25-19(26-16)29-11-17-24-14-9-5-4-8-13(14)18(28)27-17/h1-10H,11H2,(H,24,27,28). The minimum atomic E-state index is -4.60. The second kappa shape index (κ2) is 7.67. The lowest BCUT2D eigenvalue weighted by Gasteiger charge is -2.10. The molecule has 0 bridgehead atoms. The lowest BCUT2D eigenvalue weighted by Crippen LogP contribution is -2.12. The van der Waals surface area contributed by atoms with Crippen molar-refractivity contribution in [1.82, 2.24) is 19.9 Å². The summed E-state index contributed by atoms with van der Waals surface area (Å²) in [5.74, 6) is 0.455. The van der Waals surface area contributed by atoms with Gasteiger partial charge in [0.15, 0.2) is 5.16 Å². The van der Waals surface area contributed by atoms with Crippen LogP contribution >= 0.6 is 11.8 Å². The number of para-hydroxylation sites is 1. The molecule has 29 heavy (non-hydrogen) atoms. The third kappa shape index (κ3) is 4.29. The number of alkyl halides is 3. The Hall–Kier alpha value is -3.20. The monoisotopic (exact) mass is 414 g/mol. The van der Waals surface area contributed by atoms with Gasteiger partial charge in [-0.15, -0.1) is 0 Å². The number of benzene rings is 2. The molecule has 1 N–H and O–H groups in total. The third-order valence-electron chi connectivity index (χ3n) is 4.07. The molecule has 0 aliphatic heterocycles. The summed E-state index contributed by atoms with van der Waals surface area (Å²) in [7, 11) is 0. The Morgan fingerprint density at radius 1 is 0.931 bits per heavy atom. The lowest BCUT2D eigenvalue weighted by atomic mass is 10.1. The molecule has 2 heterocycles. The van der Waals surface area contributed by atoms with Gasteiger partial charge in [0.1, 0.15) is 11.5 Å². The summed E-state index contributed by atoms with van der Waals surface area (Å²) in [6.45, 7) is 0. The fraction of sp³-hybridized carbons (Fsp3) is 0.100. The van der Waals surface area contributed by atoms with Gasteiger partial charge in [0.25, 0.3) is 5.56 Å². The van der Waals surface area contributed by atoms with E-state index in [0.717, 1.165) is 17.8 Å². The number of thioether (sulfide) groups is 1. The molecule has 2 aromatic carbocycles. The molecule has 0 saturated heterocycles. The first-order chi connectivity index (χ1) is 13.9. The fourth-order valence-corrected chi connectivity index (χ4v) is 3.46. The number of halogens is 3. The van der Waals surface area contributed by atoms with Crippen molar-refractivity contribution in [3.8, 4) is 11.3 Å². The largest absolute Gasteiger partial charge is 0.433 e. The van der Waals surface area contributed by atoms with Crippen molar-refractivity contribution in [1.29, 1.82) is 0 Å². The van der Waals surface area contributed by atoms with Crippen molar-refractivity contribution in [2.45, 2.75) is 17.1 Å². The van der Waals surface area contributed by atoms with Crippen LogP contribution < -0.4 is 5.56 Å². The van der Waals surface area contributed by atoms with E-state index in [4.69, 9.17) is 0 Å². The van der Waals surface area contributed by atoms with Crippen molar-refractivity contribution in [3.05, 3.63) is 82.5 Å². The molecule has 146 valence electrons. The van der Waals surface area contributed by atoms with E-state index >= 15 is 0 Å². The number of fused-ring (bicyclic) bond motifs is 1. The average molecular weight is 414 g/mol. The van der Waals surface area contributed by atoms with Crippen molar-refractivity contribution >= 4 is 22.7 Å². The molecule has 2 aromatic heterocycles. The molecule has 0 saturated carbocycles. The van der Waals surface area contributed by atoms with Crippen LogP contribution in [-0.2, 0) is 11.9 Å². The second-order valence-corrected chi connectivity index (χ2v) is 7.05. The fourth-order valence-electron chi connectivity index (χ4n) is 2.73. The Bertz CT molecular complexity index is 1230. The van der Waals surface area contributed by atoms with Crippen LogP contribution in [0.25, 0.3) is 22.2 Å². The number of nitrogens with one attached hydrogen (secondary N) is 1. The maximum absolute atomic E-state index is 13.3. The van der Waals surface area contributed by atoms with Gasteiger partial charge in [-0.3, -0.25) is 4.79 Å². The van der Waals surface area contributed by atoms with E-state index in [1.54, 1.807) is 54.6 Å². The van der Waals surface area contributed by atoms with Crippen LogP contribution in [-0.4, -0.2) is 19.9 Å². The van der Waals surface area contributed by atoms with Crippen molar-refractivity contribution in [2.75, 3.05) is 0 Å². The molecule has 4 aromatic rings. The summed E-state index contributed by atoms with van der Waals surface area (Å²) in [4.78, 5) is 27.0. The van der Waals surface area contributed by atoms with Gasteiger partial charge in [-0.1, -0.05) is 54.2 Å². The predicted octanol–water partition coefficient (Wildman–Crippen LogP) is 4.69. The number of nitrogens with zero attached hydrogens (tertiary/aromatic N) is 3. The molecule has 0 atom stereocenters. The predicted molar refractivity (Wildman–Crippen MR) is 104 cm³/mol. The van der Waals surface area contributed by atoms with Crippen LogP contribution in [0.1, 0.15) is 11.5 Å². The molecule has 0 spiro atoms. The van der Waals surface area contributed by atoms with Gasteiger partial charge < -0.3 is 4.98 Å². The summed E-state index contributed by atoms with van der Waals surface area (Å²) in [6.07, 6.45) is -4.60. The third-order valence-corrected chi connectivity index (χ3v) is 4.92. The molecular formula is C20H13F3N4OS. The zero-order valence-corrected chi connectivity index (χ0v) is 15.6. The van der Waals surface area contributed by atoms with E-state index in [1.165, 1.54) is 0 Å². The second-order valence-electron chi connectivity index (χ2n) is 6.10. The molecule has 4 rings (SSSR count). The smallest absolute Gasteiger partial charge is 0.309 e. The van der Waals surface area contributed by atoms with Gasteiger partial charge in [0.05, 0.1) is 22.3 Å². The average Bonchev–Trinajstić information content (AvgIpc) is 2.72. The van der Waals surface area contributed by atoms with Gasteiger partial charge in [-0.05, 0) is 18.2 Å². The van der Waals surface area contributed by atoms with Crippen LogP contribution in [0.5, 0.6) is 0 Å². The number of hydrogen-bond donors (Lipinski definition) is 1. The SMILES string of the molecule is O=c1[nH]c(CSc2nc(-c3ccccc3)cc(C(F)(F)F)n2)nc2ccccc12.